The molecule has 0 spiro atoms. The Morgan fingerprint density at radius 1 is 1.00 bits per heavy atom. The minimum absolute atomic E-state index is 0.572. The Balaban J connectivity index is 0. The number of aryl methyl sites for hydroxylation is 1. The van der Waals surface area contributed by atoms with Crippen LogP contribution in [0.15, 0.2) is 6.33 Å². The first-order chi connectivity index (χ1) is 6.22. The van der Waals surface area contributed by atoms with Crippen molar-refractivity contribution in [3.05, 3.63) is 17.6 Å². The topological polar surface area (TPSA) is 51.8 Å². The van der Waals surface area contributed by atoms with Gasteiger partial charge in [0.2, 0.25) is 0 Å². The van der Waals surface area contributed by atoms with Gasteiger partial charge in [0, 0.05) is 11.3 Å². The zero-order valence-corrected chi connectivity index (χ0v) is 9.55. The molecule has 0 fully saturated rings. The maximum absolute atomic E-state index is 5.47. The number of hydrogen-bond donors (Lipinski definition) is 1. The molecular formula is C10H21N3. The fourth-order valence-electron chi connectivity index (χ4n) is 0.557. The van der Waals surface area contributed by atoms with E-state index < -0.39 is 0 Å². The van der Waals surface area contributed by atoms with Crippen molar-refractivity contribution in [2.75, 3.05) is 5.73 Å². The monoisotopic (exact) mass is 183 g/mol. The Labute approximate surface area is 81.4 Å². The molecule has 1 aromatic heterocycles. The van der Waals surface area contributed by atoms with Crippen molar-refractivity contribution in [1.82, 2.24) is 9.97 Å². The molecule has 0 aromatic carbocycles. The fourth-order valence-corrected chi connectivity index (χ4v) is 0.557. The third-order valence-electron chi connectivity index (χ3n) is 1.38. The zero-order chi connectivity index (χ0) is 10.9. The number of nitrogen functional groups attached to an aromatic ring is 1. The summed E-state index contributed by atoms with van der Waals surface area (Å²) in [5, 5.41) is 0. The molecule has 2 N–H and O–H groups in total. The van der Waals surface area contributed by atoms with E-state index in [1.54, 1.807) is 0 Å². The van der Waals surface area contributed by atoms with Gasteiger partial charge in [-0.2, -0.15) is 0 Å². The van der Waals surface area contributed by atoms with Crippen LogP contribution >= 0.6 is 0 Å². The van der Waals surface area contributed by atoms with E-state index in [0.29, 0.717) is 5.82 Å². The lowest BCUT2D eigenvalue weighted by Gasteiger charge is -1.98. The highest BCUT2D eigenvalue weighted by atomic mass is 14.9. The summed E-state index contributed by atoms with van der Waals surface area (Å²) < 4.78 is 0. The van der Waals surface area contributed by atoms with Gasteiger partial charge >= 0.3 is 0 Å². The molecule has 0 unspecified atom stereocenters. The van der Waals surface area contributed by atoms with Crippen LogP contribution in [0.25, 0.3) is 0 Å². The summed E-state index contributed by atoms with van der Waals surface area (Å²) in [5.74, 6) is 0.572. The Morgan fingerprint density at radius 2 is 1.46 bits per heavy atom. The van der Waals surface area contributed by atoms with Gasteiger partial charge in [0.15, 0.2) is 0 Å². The molecule has 3 heteroatoms. The molecule has 1 aromatic rings. The van der Waals surface area contributed by atoms with Crippen molar-refractivity contribution < 1.29 is 0 Å². The summed E-state index contributed by atoms with van der Waals surface area (Å²) in [6, 6.07) is 0. The lowest BCUT2D eigenvalue weighted by atomic mass is 10.2. The van der Waals surface area contributed by atoms with Gasteiger partial charge in [0.1, 0.15) is 12.1 Å². The number of nitrogens with zero attached hydrogens (tertiary/aromatic N) is 2. The molecule has 0 saturated carbocycles. The van der Waals surface area contributed by atoms with Crippen molar-refractivity contribution in [3.63, 3.8) is 0 Å². The highest BCUT2D eigenvalue weighted by Gasteiger charge is 1.95. The first-order valence-corrected chi connectivity index (χ1v) is 4.75. The molecule has 0 amide bonds. The number of aromatic nitrogens is 2. The average molecular weight is 183 g/mol. The minimum atomic E-state index is 0.572. The zero-order valence-electron chi connectivity index (χ0n) is 9.55. The van der Waals surface area contributed by atoms with Crippen LogP contribution in [0.2, 0.25) is 0 Å². The van der Waals surface area contributed by atoms with Crippen LogP contribution in [0.4, 0.5) is 5.82 Å². The Hall–Kier alpha value is -1.12. The minimum Gasteiger partial charge on any atom is -0.383 e. The van der Waals surface area contributed by atoms with Crippen LogP contribution < -0.4 is 5.73 Å². The SMILES string of the molecule is CC.CC.Cc1ncnc(N)c1C. The molecular weight excluding hydrogens is 162 g/mol. The fraction of sp³-hybridized carbons (Fsp3) is 0.600. The molecule has 0 aliphatic carbocycles. The molecule has 13 heavy (non-hydrogen) atoms. The highest BCUT2D eigenvalue weighted by Crippen LogP contribution is 2.06. The van der Waals surface area contributed by atoms with Crippen molar-refractivity contribution >= 4 is 5.82 Å². The molecule has 0 radical (unpaired) electrons. The number of hydrogen-bond acceptors (Lipinski definition) is 3. The normalized spacial score (nSPS) is 7.54. The lowest BCUT2D eigenvalue weighted by Crippen LogP contribution is -1.97. The maximum atomic E-state index is 5.47. The number of rotatable bonds is 0. The van der Waals surface area contributed by atoms with E-state index >= 15 is 0 Å². The Bertz CT molecular complexity index is 201. The van der Waals surface area contributed by atoms with Gasteiger partial charge in [-0.3, -0.25) is 0 Å². The van der Waals surface area contributed by atoms with E-state index in [9.17, 15) is 0 Å². The van der Waals surface area contributed by atoms with E-state index in [2.05, 4.69) is 9.97 Å². The quantitative estimate of drug-likeness (QED) is 0.672. The van der Waals surface area contributed by atoms with E-state index in [0.717, 1.165) is 11.3 Å². The summed E-state index contributed by atoms with van der Waals surface area (Å²) >= 11 is 0. The molecule has 0 atom stereocenters. The van der Waals surface area contributed by atoms with Gasteiger partial charge in [-0.15, -0.1) is 0 Å². The van der Waals surface area contributed by atoms with Crippen LogP contribution in [0.5, 0.6) is 0 Å². The van der Waals surface area contributed by atoms with Crippen LogP contribution in [0.3, 0.4) is 0 Å². The summed E-state index contributed by atoms with van der Waals surface area (Å²) in [4.78, 5) is 7.75. The molecule has 0 saturated heterocycles. The van der Waals surface area contributed by atoms with Crippen molar-refractivity contribution in [1.29, 1.82) is 0 Å². The van der Waals surface area contributed by atoms with Gasteiger partial charge in [0.25, 0.3) is 0 Å². The number of nitrogens with two attached hydrogens (primary N) is 1. The van der Waals surface area contributed by atoms with Crippen molar-refractivity contribution in [2.24, 2.45) is 0 Å². The third kappa shape index (κ3) is 5.17. The van der Waals surface area contributed by atoms with E-state index in [-0.39, 0.29) is 0 Å². The molecule has 0 aliphatic rings. The summed E-state index contributed by atoms with van der Waals surface area (Å²) in [5.41, 5.74) is 7.39. The number of anilines is 1. The van der Waals surface area contributed by atoms with Gasteiger partial charge in [-0.05, 0) is 13.8 Å². The van der Waals surface area contributed by atoms with Crippen molar-refractivity contribution in [2.45, 2.75) is 41.5 Å². The van der Waals surface area contributed by atoms with Gasteiger partial charge in [-0.1, -0.05) is 27.7 Å². The summed E-state index contributed by atoms with van der Waals surface area (Å²) in [7, 11) is 0. The van der Waals surface area contributed by atoms with Gasteiger partial charge < -0.3 is 5.73 Å². The largest absolute Gasteiger partial charge is 0.383 e. The van der Waals surface area contributed by atoms with E-state index in [1.165, 1.54) is 6.33 Å². The summed E-state index contributed by atoms with van der Waals surface area (Å²) in [6.45, 7) is 11.8. The predicted molar refractivity (Wildman–Crippen MR) is 58.6 cm³/mol. The molecule has 0 bridgehead atoms. The summed E-state index contributed by atoms with van der Waals surface area (Å²) in [6.07, 6.45) is 1.47. The maximum Gasteiger partial charge on any atom is 0.129 e. The van der Waals surface area contributed by atoms with Crippen LogP contribution in [0.1, 0.15) is 39.0 Å². The van der Waals surface area contributed by atoms with Crippen LogP contribution in [-0.2, 0) is 0 Å². The average Bonchev–Trinajstić information content (AvgIpc) is 2.20. The second kappa shape index (κ2) is 8.97. The Kier molecular flexibility index (Phi) is 9.94. The molecule has 1 rings (SSSR count). The molecule has 76 valence electrons. The van der Waals surface area contributed by atoms with Gasteiger partial charge in [0.05, 0.1) is 0 Å². The molecule has 1 heterocycles. The third-order valence-corrected chi connectivity index (χ3v) is 1.38. The molecule has 3 nitrogen and oxygen atoms in total. The first-order valence-electron chi connectivity index (χ1n) is 4.75. The second-order valence-corrected chi connectivity index (χ2v) is 1.97. The van der Waals surface area contributed by atoms with E-state index in [4.69, 9.17) is 5.73 Å². The van der Waals surface area contributed by atoms with Crippen molar-refractivity contribution in [3.8, 4) is 0 Å². The molecule has 0 aliphatic heterocycles. The lowest BCUT2D eigenvalue weighted by molar-refractivity contribution is 1.07. The Morgan fingerprint density at radius 3 is 1.77 bits per heavy atom. The smallest absolute Gasteiger partial charge is 0.129 e. The van der Waals surface area contributed by atoms with Crippen LogP contribution in [-0.4, -0.2) is 9.97 Å². The highest BCUT2D eigenvalue weighted by molar-refractivity contribution is 5.38. The van der Waals surface area contributed by atoms with E-state index in [1.807, 2.05) is 41.5 Å². The van der Waals surface area contributed by atoms with Gasteiger partial charge in [-0.25, -0.2) is 9.97 Å². The standard InChI is InChI=1S/C6H9N3.2C2H6/c1-4-5(2)8-3-9-6(4)7;2*1-2/h3H,1-2H3,(H2,7,8,9);2*1-2H3. The van der Waals surface area contributed by atoms with Crippen LogP contribution in [0, 0.1) is 13.8 Å². The predicted octanol–water partition coefficient (Wildman–Crippen LogP) is 2.73. The first kappa shape index (κ1) is 14.4. The second-order valence-electron chi connectivity index (χ2n) is 1.97.